The molecule has 1 aliphatic heterocycles. The topological polar surface area (TPSA) is 72.4 Å². The minimum absolute atomic E-state index is 0.0343. The van der Waals surface area contributed by atoms with Crippen molar-refractivity contribution in [1.82, 2.24) is 0 Å². The zero-order valence-corrected chi connectivity index (χ0v) is 11.9. The van der Waals surface area contributed by atoms with Crippen LogP contribution in [0.3, 0.4) is 0 Å². The van der Waals surface area contributed by atoms with Gasteiger partial charge in [-0.15, -0.1) is 0 Å². The molecule has 1 saturated heterocycles. The summed E-state index contributed by atoms with van der Waals surface area (Å²) < 4.78 is 0. The van der Waals surface area contributed by atoms with Gasteiger partial charge < -0.3 is 10.6 Å². The van der Waals surface area contributed by atoms with Crippen molar-refractivity contribution < 1.29 is 4.92 Å². The Hall–Kier alpha value is -1.33. The Morgan fingerprint density at radius 1 is 1.35 bits per heavy atom. The smallest absolute Gasteiger partial charge is 0.271 e. The third kappa shape index (κ3) is 2.36. The highest BCUT2D eigenvalue weighted by atomic mass is 35.5. The molecule has 1 aliphatic carbocycles. The van der Waals surface area contributed by atoms with Crippen molar-refractivity contribution in [2.75, 3.05) is 18.0 Å². The second-order valence-electron chi connectivity index (χ2n) is 5.82. The van der Waals surface area contributed by atoms with Crippen molar-refractivity contribution in [3.8, 4) is 0 Å². The van der Waals surface area contributed by atoms with E-state index in [1.807, 2.05) is 0 Å². The first-order valence-corrected chi connectivity index (χ1v) is 7.38. The van der Waals surface area contributed by atoms with Gasteiger partial charge in [-0.1, -0.05) is 18.0 Å². The number of nitrogens with zero attached hydrogens (tertiary/aromatic N) is 2. The summed E-state index contributed by atoms with van der Waals surface area (Å²) >= 11 is 6.21. The first-order valence-electron chi connectivity index (χ1n) is 7.00. The Bertz CT molecular complexity index is 537. The van der Waals surface area contributed by atoms with Gasteiger partial charge in [0.05, 0.1) is 15.6 Å². The van der Waals surface area contributed by atoms with Crippen molar-refractivity contribution in [3.63, 3.8) is 0 Å². The summed E-state index contributed by atoms with van der Waals surface area (Å²) in [5.41, 5.74) is 7.14. The van der Waals surface area contributed by atoms with Gasteiger partial charge in [-0.25, -0.2) is 0 Å². The lowest BCUT2D eigenvalue weighted by molar-refractivity contribution is -0.384. The molecule has 3 atom stereocenters. The molecular weight excluding hydrogens is 278 g/mol. The van der Waals surface area contributed by atoms with E-state index in [-0.39, 0.29) is 11.7 Å². The van der Waals surface area contributed by atoms with Gasteiger partial charge >= 0.3 is 0 Å². The van der Waals surface area contributed by atoms with Gasteiger partial charge in [0.15, 0.2) is 0 Å². The SMILES string of the molecule is NC1CCCC2CN(c3ccc([N+](=O)[O-])cc3Cl)CC12. The number of nitrogens with two attached hydrogens (primary N) is 1. The molecule has 0 spiro atoms. The number of halogens is 1. The van der Waals surface area contributed by atoms with Crippen LogP contribution in [-0.2, 0) is 0 Å². The van der Waals surface area contributed by atoms with Gasteiger partial charge in [0, 0.05) is 31.3 Å². The van der Waals surface area contributed by atoms with Gasteiger partial charge in [0.25, 0.3) is 5.69 Å². The predicted molar refractivity (Wildman–Crippen MR) is 79.1 cm³/mol. The van der Waals surface area contributed by atoms with Crippen LogP contribution in [0, 0.1) is 22.0 Å². The Morgan fingerprint density at radius 2 is 2.15 bits per heavy atom. The predicted octanol–water partition coefficient (Wildman–Crippen LogP) is 2.81. The highest BCUT2D eigenvalue weighted by molar-refractivity contribution is 6.33. The number of anilines is 1. The number of nitro groups is 1. The Kier molecular flexibility index (Phi) is 3.56. The molecule has 0 aromatic heterocycles. The second-order valence-corrected chi connectivity index (χ2v) is 6.22. The maximum atomic E-state index is 10.8. The zero-order valence-electron chi connectivity index (χ0n) is 11.2. The summed E-state index contributed by atoms with van der Waals surface area (Å²) in [6.07, 6.45) is 3.52. The van der Waals surface area contributed by atoms with E-state index in [4.69, 9.17) is 17.3 Å². The van der Waals surface area contributed by atoms with Crippen LogP contribution < -0.4 is 10.6 Å². The van der Waals surface area contributed by atoms with E-state index in [1.165, 1.54) is 25.0 Å². The summed E-state index contributed by atoms with van der Waals surface area (Å²) in [6, 6.07) is 4.97. The van der Waals surface area contributed by atoms with Gasteiger partial charge in [0.2, 0.25) is 0 Å². The molecule has 0 radical (unpaired) electrons. The fraction of sp³-hybridized carbons (Fsp3) is 0.571. The van der Waals surface area contributed by atoms with Crippen LogP contribution in [-0.4, -0.2) is 24.1 Å². The lowest BCUT2D eigenvalue weighted by Gasteiger charge is -2.29. The van der Waals surface area contributed by atoms with E-state index >= 15 is 0 Å². The summed E-state index contributed by atoms with van der Waals surface area (Å²) in [5.74, 6) is 1.15. The molecule has 20 heavy (non-hydrogen) atoms. The van der Waals surface area contributed by atoms with E-state index < -0.39 is 4.92 Å². The van der Waals surface area contributed by atoms with E-state index in [0.29, 0.717) is 16.9 Å². The van der Waals surface area contributed by atoms with Gasteiger partial charge in [0.1, 0.15) is 0 Å². The van der Waals surface area contributed by atoms with Crippen molar-refractivity contribution in [3.05, 3.63) is 33.3 Å². The maximum absolute atomic E-state index is 10.8. The average molecular weight is 296 g/mol. The highest BCUT2D eigenvalue weighted by Gasteiger charge is 2.39. The lowest BCUT2D eigenvalue weighted by Crippen LogP contribution is -2.38. The third-order valence-electron chi connectivity index (χ3n) is 4.64. The number of non-ortho nitro benzene ring substituents is 1. The molecular formula is C14H18ClN3O2. The maximum Gasteiger partial charge on any atom is 0.271 e. The van der Waals surface area contributed by atoms with Crippen LogP contribution in [0.1, 0.15) is 19.3 Å². The molecule has 108 valence electrons. The molecule has 1 heterocycles. The van der Waals surface area contributed by atoms with Gasteiger partial charge in [-0.3, -0.25) is 10.1 Å². The van der Waals surface area contributed by atoms with Crippen LogP contribution in [0.2, 0.25) is 5.02 Å². The number of nitro benzene ring substituents is 1. The van der Waals surface area contributed by atoms with Gasteiger partial charge in [-0.05, 0) is 30.7 Å². The quantitative estimate of drug-likeness (QED) is 0.672. The lowest BCUT2D eigenvalue weighted by atomic mass is 9.78. The molecule has 1 saturated carbocycles. The number of benzene rings is 1. The molecule has 6 heteroatoms. The number of fused-ring (bicyclic) bond motifs is 1. The summed E-state index contributed by atoms with van der Waals surface area (Å²) in [6.45, 7) is 1.86. The zero-order chi connectivity index (χ0) is 14.3. The largest absolute Gasteiger partial charge is 0.370 e. The van der Waals surface area contributed by atoms with Crippen LogP contribution in [0.25, 0.3) is 0 Å². The molecule has 2 fully saturated rings. The summed E-state index contributed by atoms with van der Waals surface area (Å²) in [5, 5.41) is 11.2. The number of hydrogen-bond donors (Lipinski definition) is 1. The molecule has 0 amide bonds. The van der Waals surface area contributed by atoms with E-state index in [1.54, 1.807) is 6.07 Å². The molecule has 3 rings (SSSR count). The molecule has 5 nitrogen and oxygen atoms in total. The van der Waals surface area contributed by atoms with Crippen molar-refractivity contribution >= 4 is 23.0 Å². The highest BCUT2D eigenvalue weighted by Crippen LogP contribution is 2.40. The van der Waals surface area contributed by atoms with Crippen molar-refractivity contribution in [1.29, 1.82) is 0 Å². The van der Waals surface area contributed by atoms with E-state index in [0.717, 1.165) is 25.2 Å². The monoisotopic (exact) mass is 295 g/mol. The molecule has 3 unspecified atom stereocenters. The fourth-order valence-corrected chi connectivity index (χ4v) is 3.87. The third-order valence-corrected chi connectivity index (χ3v) is 4.94. The standard InChI is InChI=1S/C14H18ClN3O2/c15-12-6-10(18(19)20)4-5-14(12)17-7-9-2-1-3-13(16)11(9)8-17/h4-6,9,11,13H,1-3,7-8,16H2. The van der Waals surface area contributed by atoms with Gasteiger partial charge in [-0.2, -0.15) is 0 Å². The number of hydrogen-bond acceptors (Lipinski definition) is 4. The Morgan fingerprint density at radius 3 is 2.80 bits per heavy atom. The molecule has 1 aromatic carbocycles. The Balaban J connectivity index is 1.82. The minimum Gasteiger partial charge on any atom is -0.370 e. The first-order chi connectivity index (χ1) is 9.56. The number of rotatable bonds is 2. The van der Waals surface area contributed by atoms with Crippen LogP contribution in [0.15, 0.2) is 18.2 Å². The average Bonchev–Trinajstić information content (AvgIpc) is 2.83. The summed E-state index contributed by atoms with van der Waals surface area (Å²) in [7, 11) is 0. The molecule has 0 bridgehead atoms. The van der Waals surface area contributed by atoms with Crippen LogP contribution >= 0.6 is 11.6 Å². The molecule has 2 N–H and O–H groups in total. The minimum atomic E-state index is -0.421. The first kappa shape index (κ1) is 13.6. The van der Waals surface area contributed by atoms with E-state index in [2.05, 4.69) is 4.90 Å². The van der Waals surface area contributed by atoms with Crippen molar-refractivity contribution in [2.45, 2.75) is 25.3 Å². The molecule has 2 aliphatic rings. The van der Waals surface area contributed by atoms with E-state index in [9.17, 15) is 10.1 Å². The van der Waals surface area contributed by atoms with Crippen LogP contribution in [0.5, 0.6) is 0 Å². The normalized spacial score (nSPS) is 29.3. The summed E-state index contributed by atoms with van der Waals surface area (Å²) in [4.78, 5) is 12.6. The molecule has 1 aromatic rings. The fourth-order valence-electron chi connectivity index (χ4n) is 3.58. The Labute approximate surface area is 122 Å². The second kappa shape index (κ2) is 5.22. The van der Waals surface area contributed by atoms with Crippen molar-refractivity contribution in [2.24, 2.45) is 17.6 Å². The van der Waals surface area contributed by atoms with Crippen LogP contribution in [0.4, 0.5) is 11.4 Å².